The number of phenolic OH excluding ortho intramolecular Hbond substituents is 1. The Labute approximate surface area is 251 Å². The number of aliphatic hydroxyl groups is 2. The summed E-state index contributed by atoms with van der Waals surface area (Å²) in [6.45, 7) is 27.8. The summed E-state index contributed by atoms with van der Waals surface area (Å²) in [6, 6.07) is 5.54. The highest BCUT2D eigenvalue weighted by Gasteiger charge is 2.50. The van der Waals surface area contributed by atoms with E-state index in [1.165, 1.54) is 0 Å². The molecule has 1 amide bonds. The molecule has 8 nitrogen and oxygen atoms in total. The minimum Gasteiger partial charge on any atom is -0.507 e. The van der Waals surface area contributed by atoms with Gasteiger partial charge >= 0.3 is 7.12 Å². The van der Waals surface area contributed by atoms with Crippen molar-refractivity contribution < 1.29 is 29.4 Å². The standard InChI is InChI=1S/C18H30N2O2.C9H17BO2.C4H10O.CH4O/c1-12(2)15(17(22)20(6)7)19-11-13-9-8-10-14(16(13)21)18(3,4)5;1-6-7-10-11-8(2,3)9(4,5)12-10;1-4(2,3)5;1-2/h8-10,12,15,19,21H,11H2,1-7H3;6H,1,7H2,2-5H3;5H,1-3H3;2H,1H3/t15-;;;/m0.../s1. The quantitative estimate of drug-likeness (QED) is 0.248. The van der Waals surface area contributed by atoms with Crippen LogP contribution < -0.4 is 5.32 Å². The molecule has 1 atom stereocenters. The van der Waals surface area contributed by atoms with Crippen LogP contribution in [0.15, 0.2) is 30.9 Å². The number of nitrogens with one attached hydrogen (secondary N) is 1. The summed E-state index contributed by atoms with van der Waals surface area (Å²) in [4.78, 5) is 13.8. The number of allylic oxidation sites excluding steroid dienone is 1. The van der Waals surface area contributed by atoms with Crippen molar-refractivity contribution in [2.24, 2.45) is 5.92 Å². The normalized spacial score (nSPS) is 16.3. The van der Waals surface area contributed by atoms with Crippen LogP contribution in [0, 0.1) is 5.92 Å². The van der Waals surface area contributed by atoms with Gasteiger partial charge in [-0.05, 0) is 65.4 Å². The first kappa shape index (κ1) is 41.2. The average molecular weight is 581 g/mol. The summed E-state index contributed by atoms with van der Waals surface area (Å²) in [6.07, 6.45) is 2.58. The van der Waals surface area contributed by atoms with E-state index in [4.69, 9.17) is 19.5 Å². The minimum atomic E-state index is -0.500. The van der Waals surface area contributed by atoms with Crippen LogP contribution in [0.3, 0.4) is 0 Å². The molecule has 4 N–H and O–H groups in total. The second kappa shape index (κ2) is 17.3. The molecule has 0 spiro atoms. The molecule has 1 aromatic carbocycles. The lowest BCUT2D eigenvalue weighted by molar-refractivity contribution is -0.132. The van der Waals surface area contributed by atoms with E-state index < -0.39 is 5.60 Å². The third-order valence-electron chi connectivity index (χ3n) is 6.47. The number of phenols is 1. The van der Waals surface area contributed by atoms with Gasteiger partial charge in [-0.3, -0.25) is 4.79 Å². The van der Waals surface area contributed by atoms with Crippen molar-refractivity contribution in [3.63, 3.8) is 0 Å². The topological polar surface area (TPSA) is 111 Å². The Kier molecular flexibility index (Phi) is 17.4. The van der Waals surface area contributed by atoms with Crippen LogP contribution in [0.5, 0.6) is 5.75 Å². The molecule has 1 aliphatic heterocycles. The number of para-hydroxylation sites is 1. The van der Waals surface area contributed by atoms with E-state index in [0.717, 1.165) is 24.6 Å². The van der Waals surface area contributed by atoms with E-state index in [0.29, 0.717) is 12.3 Å². The van der Waals surface area contributed by atoms with Gasteiger partial charge in [0.2, 0.25) is 5.91 Å². The Bertz CT molecular complexity index is 896. The highest BCUT2D eigenvalue weighted by atomic mass is 16.7. The van der Waals surface area contributed by atoms with E-state index in [2.05, 4.69) is 60.4 Å². The van der Waals surface area contributed by atoms with Gasteiger partial charge in [-0.25, -0.2) is 0 Å². The number of rotatable bonds is 7. The van der Waals surface area contributed by atoms with E-state index >= 15 is 0 Å². The van der Waals surface area contributed by atoms with Crippen molar-refractivity contribution in [3.05, 3.63) is 42.0 Å². The summed E-state index contributed by atoms with van der Waals surface area (Å²) in [5.74, 6) is 0.562. The number of carbonyl (C=O) groups excluding carboxylic acids is 1. The van der Waals surface area contributed by atoms with E-state index in [-0.39, 0.29) is 41.6 Å². The van der Waals surface area contributed by atoms with Crippen molar-refractivity contribution in [3.8, 4) is 5.75 Å². The maximum atomic E-state index is 12.2. The van der Waals surface area contributed by atoms with Crippen molar-refractivity contribution in [1.29, 1.82) is 0 Å². The van der Waals surface area contributed by atoms with Gasteiger partial charge in [0.15, 0.2) is 0 Å². The Morgan fingerprint density at radius 1 is 1.05 bits per heavy atom. The zero-order chi connectivity index (χ0) is 33.0. The lowest BCUT2D eigenvalue weighted by atomic mass is 9.85. The molecule has 238 valence electrons. The second-order valence-corrected chi connectivity index (χ2v) is 13.8. The lowest BCUT2D eigenvalue weighted by Crippen LogP contribution is -2.46. The molecule has 0 unspecified atom stereocenters. The van der Waals surface area contributed by atoms with Gasteiger partial charge in [0.1, 0.15) is 5.75 Å². The zero-order valence-corrected chi connectivity index (χ0v) is 28.7. The van der Waals surface area contributed by atoms with Crippen molar-refractivity contribution in [2.45, 2.75) is 124 Å². The van der Waals surface area contributed by atoms with Crippen LogP contribution in [0.1, 0.15) is 94.2 Å². The van der Waals surface area contributed by atoms with Gasteiger partial charge in [0, 0.05) is 39.6 Å². The van der Waals surface area contributed by atoms with Crippen LogP contribution in [0.4, 0.5) is 0 Å². The summed E-state index contributed by atoms with van der Waals surface area (Å²) >= 11 is 0. The summed E-state index contributed by atoms with van der Waals surface area (Å²) in [5, 5.41) is 29.3. The van der Waals surface area contributed by atoms with Gasteiger partial charge in [0.25, 0.3) is 0 Å². The first-order valence-corrected chi connectivity index (χ1v) is 14.3. The molecule has 1 fully saturated rings. The number of aliphatic hydroxyl groups excluding tert-OH is 1. The fourth-order valence-electron chi connectivity index (χ4n) is 3.64. The van der Waals surface area contributed by atoms with Crippen LogP contribution in [0.25, 0.3) is 0 Å². The van der Waals surface area contributed by atoms with Crippen LogP contribution in [-0.4, -0.2) is 77.3 Å². The van der Waals surface area contributed by atoms with Gasteiger partial charge in [-0.2, -0.15) is 0 Å². The molecule has 1 heterocycles. The summed E-state index contributed by atoms with van der Waals surface area (Å²) < 4.78 is 11.4. The first-order chi connectivity index (χ1) is 18.4. The highest BCUT2D eigenvalue weighted by molar-refractivity contribution is 6.46. The molecule has 1 saturated heterocycles. The average Bonchev–Trinajstić information content (AvgIpc) is 3.00. The van der Waals surface area contributed by atoms with Crippen molar-refractivity contribution in [2.75, 3.05) is 21.2 Å². The number of amides is 1. The fourth-order valence-corrected chi connectivity index (χ4v) is 3.64. The molecule has 0 bridgehead atoms. The molecule has 0 aromatic heterocycles. The minimum absolute atomic E-state index is 0.0569. The molecule has 9 heteroatoms. The number of carbonyl (C=O) groups is 1. The monoisotopic (exact) mass is 580 g/mol. The van der Waals surface area contributed by atoms with Gasteiger partial charge in [0.05, 0.1) is 22.8 Å². The Balaban J connectivity index is 0. The maximum absolute atomic E-state index is 12.2. The predicted molar refractivity (Wildman–Crippen MR) is 172 cm³/mol. The fraction of sp³-hybridized carbons (Fsp3) is 0.719. The third kappa shape index (κ3) is 15.2. The van der Waals surface area contributed by atoms with Crippen LogP contribution in [-0.2, 0) is 26.1 Å². The zero-order valence-electron chi connectivity index (χ0n) is 28.7. The SMILES string of the molecule is C=CCB1OC(C)(C)C(C)(C)O1.CC(C)(C)O.CC(C)[C@H](NCc1cccc(C(C)(C)C)c1O)C(=O)N(C)C.CO. The summed E-state index contributed by atoms with van der Waals surface area (Å²) in [7, 11) is 4.40. The molecule has 1 aliphatic rings. The Morgan fingerprint density at radius 3 is 1.83 bits per heavy atom. The predicted octanol–water partition coefficient (Wildman–Crippen LogP) is 5.54. The molecule has 1 aromatic rings. The Morgan fingerprint density at radius 2 is 1.49 bits per heavy atom. The lowest BCUT2D eigenvalue weighted by Gasteiger charge is -2.32. The first-order valence-electron chi connectivity index (χ1n) is 14.3. The molecule has 0 aliphatic carbocycles. The van der Waals surface area contributed by atoms with E-state index in [1.807, 2.05) is 38.1 Å². The van der Waals surface area contributed by atoms with Crippen molar-refractivity contribution >= 4 is 13.0 Å². The number of hydrogen-bond acceptors (Lipinski definition) is 7. The molecule has 0 radical (unpaired) electrons. The highest BCUT2D eigenvalue weighted by Crippen LogP contribution is 2.37. The number of benzene rings is 1. The van der Waals surface area contributed by atoms with Crippen LogP contribution in [0.2, 0.25) is 6.32 Å². The Hall–Kier alpha value is -1.91. The van der Waals surface area contributed by atoms with Gasteiger partial charge in [-0.15, -0.1) is 6.58 Å². The molecular weight excluding hydrogens is 519 g/mol. The smallest absolute Gasteiger partial charge is 0.461 e. The van der Waals surface area contributed by atoms with Gasteiger partial charge < -0.3 is 34.8 Å². The number of hydrogen-bond donors (Lipinski definition) is 4. The van der Waals surface area contributed by atoms with Crippen molar-refractivity contribution in [1.82, 2.24) is 10.2 Å². The largest absolute Gasteiger partial charge is 0.507 e. The number of likely N-dealkylation sites (N-methyl/N-ethyl adjacent to an activating group) is 1. The van der Waals surface area contributed by atoms with Gasteiger partial charge in [-0.1, -0.05) is 58.9 Å². The molecular formula is C32H61BN2O6. The third-order valence-corrected chi connectivity index (χ3v) is 6.47. The number of aromatic hydroxyl groups is 1. The molecule has 0 saturated carbocycles. The molecule has 2 rings (SSSR count). The number of nitrogens with zero attached hydrogens (tertiary/aromatic N) is 1. The molecule has 41 heavy (non-hydrogen) atoms. The van der Waals surface area contributed by atoms with E-state index in [9.17, 15) is 9.90 Å². The second-order valence-electron chi connectivity index (χ2n) is 13.8. The summed E-state index contributed by atoms with van der Waals surface area (Å²) in [5.41, 5.74) is 0.717. The van der Waals surface area contributed by atoms with E-state index in [1.54, 1.807) is 39.8 Å². The van der Waals surface area contributed by atoms with Crippen LogP contribution >= 0.6 is 0 Å². The maximum Gasteiger partial charge on any atom is 0.461 e.